The van der Waals surface area contributed by atoms with Crippen LogP contribution in [0.25, 0.3) is 0 Å². The molecule has 0 bridgehead atoms. The first kappa shape index (κ1) is 16.0. The maximum absolute atomic E-state index is 11.5. The average Bonchev–Trinajstić information content (AvgIpc) is 2.61. The van der Waals surface area contributed by atoms with E-state index in [0.29, 0.717) is 19.8 Å². The first-order chi connectivity index (χ1) is 9.06. The van der Waals surface area contributed by atoms with E-state index in [-0.39, 0.29) is 37.1 Å². The van der Waals surface area contributed by atoms with Crippen LogP contribution in [-0.2, 0) is 19.1 Å². The Bertz CT molecular complexity index is 349. The van der Waals surface area contributed by atoms with Crippen LogP contribution in [0.2, 0.25) is 0 Å². The summed E-state index contributed by atoms with van der Waals surface area (Å²) in [6.45, 7) is 3.86. The number of rotatable bonds is 8. The molecule has 0 radical (unpaired) electrons. The molecule has 3 amide bonds. The van der Waals surface area contributed by atoms with E-state index in [4.69, 9.17) is 4.74 Å². The number of hydrogen-bond acceptors (Lipinski definition) is 5. The quantitative estimate of drug-likeness (QED) is 0.374. The molecule has 0 spiro atoms. The minimum absolute atomic E-state index is 0.123. The van der Waals surface area contributed by atoms with Crippen molar-refractivity contribution in [3.05, 3.63) is 0 Å². The Morgan fingerprint density at radius 3 is 2.84 bits per heavy atom. The molecule has 1 aliphatic rings. The Kier molecular flexibility index (Phi) is 6.86. The van der Waals surface area contributed by atoms with Crippen LogP contribution in [0, 0.1) is 0 Å². The van der Waals surface area contributed by atoms with Crippen LogP contribution >= 0.6 is 12.6 Å². The van der Waals surface area contributed by atoms with Gasteiger partial charge in [-0.15, -0.1) is 0 Å². The van der Waals surface area contributed by atoms with Gasteiger partial charge in [0.15, 0.2) is 0 Å². The van der Waals surface area contributed by atoms with Gasteiger partial charge in [0, 0.05) is 39.1 Å². The van der Waals surface area contributed by atoms with Crippen molar-refractivity contribution in [3.63, 3.8) is 0 Å². The molecular formula is C12H20N2O4S. The number of amides is 3. The number of likely N-dealkylation sites (tertiary alicyclic amines) is 1. The maximum Gasteiger partial charge on any atom is 0.242 e. The standard InChI is InChI=1S/C12H20N2O4S/c1-2-18-7-3-5-13-10(15)4-6-14-11(16)8-9(19)12(14)17/h9,19H,2-8H2,1H3,(H,13,15). The molecule has 1 aliphatic heterocycles. The van der Waals surface area contributed by atoms with Gasteiger partial charge in [0.1, 0.15) is 0 Å². The normalized spacial score (nSPS) is 19.1. The Hall–Kier alpha value is -1.08. The molecule has 0 saturated carbocycles. The second kappa shape index (κ2) is 8.16. The number of hydrogen-bond donors (Lipinski definition) is 2. The Morgan fingerprint density at radius 1 is 1.53 bits per heavy atom. The van der Waals surface area contributed by atoms with Gasteiger partial charge in [0.05, 0.1) is 5.25 Å². The van der Waals surface area contributed by atoms with E-state index in [1.54, 1.807) is 0 Å². The molecule has 0 aromatic rings. The van der Waals surface area contributed by atoms with Gasteiger partial charge in [-0.1, -0.05) is 0 Å². The monoisotopic (exact) mass is 288 g/mol. The van der Waals surface area contributed by atoms with E-state index < -0.39 is 5.25 Å². The van der Waals surface area contributed by atoms with Gasteiger partial charge in [0.25, 0.3) is 0 Å². The maximum atomic E-state index is 11.5. The van der Waals surface area contributed by atoms with Gasteiger partial charge in [0.2, 0.25) is 17.7 Å². The highest BCUT2D eigenvalue weighted by atomic mass is 32.1. The number of nitrogens with one attached hydrogen (secondary N) is 1. The third-order valence-electron chi connectivity index (χ3n) is 2.77. The molecular weight excluding hydrogens is 268 g/mol. The van der Waals surface area contributed by atoms with Crippen molar-refractivity contribution in [2.45, 2.75) is 31.4 Å². The zero-order valence-corrected chi connectivity index (χ0v) is 11.9. The molecule has 1 heterocycles. The zero-order chi connectivity index (χ0) is 14.3. The lowest BCUT2D eigenvalue weighted by Gasteiger charge is -2.13. The van der Waals surface area contributed by atoms with Crippen LogP contribution in [0.1, 0.15) is 26.2 Å². The van der Waals surface area contributed by atoms with Crippen molar-refractivity contribution in [1.82, 2.24) is 10.2 Å². The van der Waals surface area contributed by atoms with Crippen LogP contribution in [0.15, 0.2) is 0 Å². The fourth-order valence-electron chi connectivity index (χ4n) is 1.75. The van der Waals surface area contributed by atoms with Crippen molar-refractivity contribution in [3.8, 4) is 0 Å². The van der Waals surface area contributed by atoms with Gasteiger partial charge in [-0.05, 0) is 13.3 Å². The average molecular weight is 288 g/mol. The molecule has 108 valence electrons. The Labute approximate surface area is 118 Å². The summed E-state index contributed by atoms with van der Waals surface area (Å²) in [6, 6.07) is 0. The number of carbonyl (C=O) groups excluding carboxylic acids is 3. The van der Waals surface area contributed by atoms with E-state index in [1.807, 2.05) is 6.92 Å². The SMILES string of the molecule is CCOCCCNC(=O)CCN1C(=O)CC(S)C1=O. The predicted molar refractivity (Wildman–Crippen MR) is 72.8 cm³/mol. The summed E-state index contributed by atoms with van der Waals surface area (Å²) in [5.74, 6) is -0.730. The molecule has 0 aromatic heterocycles. The topological polar surface area (TPSA) is 75.7 Å². The summed E-state index contributed by atoms with van der Waals surface area (Å²) in [4.78, 5) is 35.6. The summed E-state index contributed by atoms with van der Waals surface area (Å²) in [7, 11) is 0. The van der Waals surface area contributed by atoms with Crippen LogP contribution in [-0.4, -0.2) is 54.2 Å². The molecule has 6 nitrogen and oxygen atoms in total. The van der Waals surface area contributed by atoms with Crippen molar-refractivity contribution >= 4 is 30.4 Å². The Balaban J connectivity index is 2.16. The molecule has 1 unspecified atom stereocenters. The van der Waals surface area contributed by atoms with Gasteiger partial charge in [-0.2, -0.15) is 12.6 Å². The molecule has 1 rings (SSSR count). The molecule has 1 N–H and O–H groups in total. The van der Waals surface area contributed by atoms with Crippen molar-refractivity contribution in [2.75, 3.05) is 26.3 Å². The lowest BCUT2D eigenvalue weighted by atomic mass is 10.3. The lowest BCUT2D eigenvalue weighted by Crippen LogP contribution is -2.35. The fourth-order valence-corrected chi connectivity index (χ4v) is 2.04. The number of nitrogens with zero attached hydrogens (tertiary/aromatic N) is 1. The number of thiol groups is 1. The van der Waals surface area contributed by atoms with Gasteiger partial charge < -0.3 is 10.1 Å². The summed E-state index contributed by atoms with van der Waals surface area (Å²) >= 11 is 4.01. The predicted octanol–water partition coefficient (Wildman–Crippen LogP) is -0.0234. The third-order valence-corrected chi connectivity index (χ3v) is 3.18. The smallest absolute Gasteiger partial charge is 0.242 e. The van der Waals surface area contributed by atoms with E-state index in [0.717, 1.165) is 11.3 Å². The van der Waals surface area contributed by atoms with Gasteiger partial charge in [-0.3, -0.25) is 19.3 Å². The molecule has 1 fully saturated rings. The van der Waals surface area contributed by atoms with Crippen LogP contribution in [0.3, 0.4) is 0 Å². The van der Waals surface area contributed by atoms with Crippen LogP contribution in [0.5, 0.6) is 0 Å². The third kappa shape index (κ3) is 5.20. The highest BCUT2D eigenvalue weighted by molar-refractivity contribution is 7.81. The molecule has 19 heavy (non-hydrogen) atoms. The van der Waals surface area contributed by atoms with E-state index in [2.05, 4.69) is 17.9 Å². The highest BCUT2D eigenvalue weighted by Crippen LogP contribution is 2.17. The number of ether oxygens (including phenoxy) is 1. The summed E-state index contributed by atoms with van der Waals surface area (Å²) in [5.41, 5.74) is 0. The molecule has 1 atom stereocenters. The van der Waals surface area contributed by atoms with Crippen LogP contribution in [0.4, 0.5) is 0 Å². The largest absolute Gasteiger partial charge is 0.382 e. The van der Waals surface area contributed by atoms with Crippen LogP contribution < -0.4 is 5.32 Å². The van der Waals surface area contributed by atoms with Crippen molar-refractivity contribution in [1.29, 1.82) is 0 Å². The summed E-state index contributed by atoms with van der Waals surface area (Å²) < 4.78 is 5.14. The van der Waals surface area contributed by atoms with Gasteiger partial charge in [-0.25, -0.2) is 0 Å². The second-order valence-electron chi connectivity index (χ2n) is 4.25. The number of imide groups is 1. The summed E-state index contributed by atoms with van der Waals surface area (Å²) in [5, 5.41) is 2.17. The molecule has 7 heteroatoms. The summed E-state index contributed by atoms with van der Waals surface area (Å²) in [6.07, 6.45) is 1.00. The first-order valence-corrected chi connectivity index (χ1v) is 6.94. The van der Waals surface area contributed by atoms with Crippen molar-refractivity contribution < 1.29 is 19.1 Å². The molecule has 0 aliphatic carbocycles. The van der Waals surface area contributed by atoms with Crippen molar-refractivity contribution in [2.24, 2.45) is 0 Å². The lowest BCUT2D eigenvalue weighted by molar-refractivity contribution is -0.138. The van der Waals surface area contributed by atoms with E-state index >= 15 is 0 Å². The minimum Gasteiger partial charge on any atom is -0.382 e. The number of carbonyl (C=O) groups is 3. The Morgan fingerprint density at radius 2 is 2.26 bits per heavy atom. The first-order valence-electron chi connectivity index (χ1n) is 6.43. The molecule has 1 saturated heterocycles. The van der Waals surface area contributed by atoms with E-state index in [1.165, 1.54) is 0 Å². The highest BCUT2D eigenvalue weighted by Gasteiger charge is 2.36. The minimum atomic E-state index is -0.554. The second-order valence-corrected chi connectivity index (χ2v) is 4.88. The fraction of sp³-hybridized carbons (Fsp3) is 0.750. The zero-order valence-electron chi connectivity index (χ0n) is 11.1. The molecule has 0 aromatic carbocycles. The van der Waals surface area contributed by atoms with Gasteiger partial charge >= 0.3 is 0 Å². The van der Waals surface area contributed by atoms with E-state index in [9.17, 15) is 14.4 Å².